The minimum atomic E-state index is -0.580. The fourth-order valence-electron chi connectivity index (χ4n) is 5.71. The molecule has 1 amide bonds. The highest BCUT2D eigenvalue weighted by atomic mass is 16.6. The minimum absolute atomic E-state index is 0.356. The van der Waals surface area contributed by atoms with E-state index in [9.17, 15) is 4.79 Å². The number of nitrogens with one attached hydrogen (secondary N) is 3. The summed E-state index contributed by atoms with van der Waals surface area (Å²) < 4.78 is 28.7. The van der Waals surface area contributed by atoms with Gasteiger partial charge < -0.3 is 39.0 Å². The van der Waals surface area contributed by atoms with Gasteiger partial charge in [0.05, 0.1) is 43.0 Å². The van der Waals surface area contributed by atoms with Crippen molar-refractivity contribution in [1.29, 1.82) is 0 Å². The molecule has 1 saturated carbocycles. The lowest BCUT2D eigenvalue weighted by Gasteiger charge is -2.21. The molecule has 0 aliphatic heterocycles. The van der Waals surface area contributed by atoms with Gasteiger partial charge >= 0.3 is 6.09 Å². The molecule has 0 spiro atoms. The van der Waals surface area contributed by atoms with E-state index < -0.39 is 11.7 Å². The second-order valence-electron chi connectivity index (χ2n) is 12.8. The van der Waals surface area contributed by atoms with Gasteiger partial charge in [-0.15, -0.1) is 0 Å². The maximum absolute atomic E-state index is 12.2. The SMILES string of the molecule is COCCOc1c(-c2ccc(-c3cnc([C@H](C)NC(=O)OC(C)(C)C)[nH]3)cc2)ccc(-c2cnc(C3CCCC3)[nH]2)c1OCCOC. The number of alkyl carbamates (subject to hydrolysis) is 1. The Bertz CT molecular complexity index is 1600. The molecule has 2 aromatic carbocycles. The van der Waals surface area contributed by atoms with E-state index in [0.29, 0.717) is 49.7 Å². The predicted octanol–water partition coefficient (Wildman–Crippen LogP) is 7.43. The van der Waals surface area contributed by atoms with Crippen LogP contribution in [-0.2, 0) is 14.2 Å². The van der Waals surface area contributed by atoms with Gasteiger partial charge in [-0.3, -0.25) is 0 Å². The number of H-pyrrole nitrogens is 2. The first kappa shape index (κ1) is 34.0. The molecule has 2 heterocycles. The molecular weight excluding hydrogens is 598 g/mol. The highest BCUT2D eigenvalue weighted by molar-refractivity contribution is 5.83. The van der Waals surface area contributed by atoms with Crippen LogP contribution >= 0.6 is 0 Å². The van der Waals surface area contributed by atoms with Gasteiger partial charge in [-0.25, -0.2) is 14.8 Å². The number of aromatic amines is 2. The van der Waals surface area contributed by atoms with Crippen LogP contribution in [0.25, 0.3) is 33.6 Å². The van der Waals surface area contributed by atoms with Crippen LogP contribution in [0.15, 0.2) is 48.8 Å². The third kappa shape index (κ3) is 8.72. The molecule has 47 heavy (non-hydrogen) atoms. The van der Waals surface area contributed by atoms with E-state index in [1.54, 1.807) is 20.4 Å². The number of carbonyl (C=O) groups is 1. The fraction of sp³-hybridized carbons (Fsp3) is 0.472. The minimum Gasteiger partial charge on any atom is -0.487 e. The third-order valence-corrected chi connectivity index (χ3v) is 8.05. The van der Waals surface area contributed by atoms with Crippen molar-refractivity contribution in [2.24, 2.45) is 0 Å². The Morgan fingerprint density at radius 3 is 2.06 bits per heavy atom. The van der Waals surface area contributed by atoms with E-state index in [1.807, 2.05) is 58.2 Å². The van der Waals surface area contributed by atoms with E-state index >= 15 is 0 Å². The van der Waals surface area contributed by atoms with Gasteiger partial charge in [-0.05, 0) is 63.8 Å². The quantitative estimate of drug-likeness (QED) is 0.121. The van der Waals surface area contributed by atoms with Crippen molar-refractivity contribution in [2.75, 3.05) is 40.6 Å². The second kappa shape index (κ2) is 15.5. The molecule has 0 bridgehead atoms. The molecule has 0 unspecified atom stereocenters. The van der Waals surface area contributed by atoms with Crippen LogP contribution in [0, 0.1) is 0 Å². The van der Waals surface area contributed by atoms with Crippen LogP contribution < -0.4 is 14.8 Å². The highest BCUT2D eigenvalue weighted by Gasteiger charge is 2.24. The maximum atomic E-state index is 12.2. The first-order chi connectivity index (χ1) is 22.7. The molecule has 3 N–H and O–H groups in total. The predicted molar refractivity (Wildman–Crippen MR) is 181 cm³/mol. The Morgan fingerprint density at radius 1 is 0.830 bits per heavy atom. The molecule has 1 fully saturated rings. The van der Waals surface area contributed by atoms with E-state index in [4.69, 9.17) is 28.7 Å². The average molecular weight is 646 g/mol. The number of hydrogen-bond acceptors (Lipinski definition) is 8. The van der Waals surface area contributed by atoms with Gasteiger partial charge in [0, 0.05) is 31.3 Å². The third-order valence-electron chi connectivity index (χ3n) is 8.05. The molecule has 0 radical (unpaired) electrons. The summed E-state index contributed by atoms with van der Waals surface area (Å²) in [5.74, 6) is 3.38. The number of imidazole rings is 2. The van der Waals surface area contributed by atoms with Gasteiger partial charge in [0.15, 0.2) is 11.5 Å². The van der Waals surface area contributed by atoms with Crippen LogP contribution in [0.5, 0.6) is 11.5 Å². The van der Waals surface area contributed by atoms with E-state index in [-0.39, 0.29) is 6.04 Å². The summed E-state index contributed by atoms with van der Waals surface area (Å²) in [5, 5.41) is 2.83. The van der Waals surface area contributed by atoms with Crippen molar-refractivity contribution < 1.29 is 28.5 Å². The molecule has 11 heteroatoms. The summed E-state index contributed by atoms with van der Waals surface area (Å²) in [6, 6.07) is 11.9. The monoisotopic (exact) mass is 645 g/mol. The number of amides is 1. The molecule has 252 valence electrons. The lowest BCUT2D eigenvalue weighted by Crippen LogP contribution is -2.34. The summed E-state index contributed by atoms with van der Waals surface area (Å²) in [6.07, 6.45) is 7.96. The summed E-state index contributed by atoms with van der Waals surface area (Å²) in [5.41, 5.74) is 4.82. The Balaban J connectivity index is 1.43. The normalized spacial score (nSPS) is 14.3. The smallest absolute Gasteiger partial charge is 0.408 e. The summed E-state index contributed by atoms with van der Waals surface area (Å²) in [6.45, 7) is 8.93. The summed E-state index contributed by atoms with van der Waals surface area (Å²) >= 11 is 0. The molecule has 2 aromatic heterocycles. The van der Waals surface area contributed by atoms with E-state index in [2.05, 4.69) is 32.4 Å². The number of aromatic nitrogens is 4. The number of rotatable bonds is 14. The van der Waals surface area contributed by atoms with Gasteiger partial charge in [0.25, 0.3) is 0 Å². The summed E-state index contributed by atoms with van der Waals surface area (Å²) in [7, 11) is 3.31. The number of ether oxygens (including phenoxy) is 5. The lowest BCUT2D eigenvalue weighted by molar-refractivity contribution is 0.0506. The Labute approximate surface area is 276 Å². The first-order valence-electron chi connectivity index (χ1n) is 16.3. The van der Waals surface area contributed by atoms with Crippen LogP contribution in [0.3, 0.4) is 0 Å². The molecule has 1 aliphatic carbocycles. The largest absolute Gasteiger partial charge is 0.487 e. The van der Waals surface area contributed by atoms with Crippen LogP contribution in [-0.4, -0.2) is 72.3 Å². The number of methoxy groups -OCH3 is 2. The van der Waals surface area contributed by atoms with Crippen molar-refractivity contribution >= 4 is 6.09 Å². The zero-order valence-electron chi connectivity index (χ0n) is 28.3. The van der Waals surface area contributed by atoms with Gasteiger partial charge in [-0.1, -0.05) is 37.1 Å². The number of carbonyl (C=O) groups excluding carboxylic acids is 1. The van der Waals surface area contributed by atoms with Crippen molar-refractivity contribution in [3.05, 3.63) is 60.4 Å². The van der Waals surface area contributed by atoms with Gasteiger partial charge in [0.2, 0.25) is 0 Å². The Hall–Kier alpha value is -4.35. The Kier molecular flexibility index (Phi) is 11.2. The standard InChI is InChI=1S/C36H47N5O6/c1-23(39-35(42)47-36(2,3)4)33-37-21-29(40-33)25-13-11-24(12-14-25)27-15-16-28(30-22-38-34(41-30)26-9-7-8-10-26)32(46-20-18-44-6)31(27)45-19-17-43-5/h11-16,21-23,26H,7-10,17-20H2,1-6H3,(H,37,40)(H,38,41)(H,39,42)/t23-/m0/s1. The molecule has 11 nitrogen and oxygen atoms in total. The number of hydrogen-bond donors (Lipinski definition) is 3. The van der Waals surface area contributed by atoms with E-state index in [1.165, 1.54) is 12.8 Å². The fourth-order valence-corrected chi connectivity index (χ4v) is 5.71. The van der Waals surface area contributed by atoms with Crippen molar-refractivity contribution in [1.82, 2.24) is 25.3 Å². The molecule has 5 rings (SSSR count). The molecule has 1 aliphatic rings. The number of nitrogens with zero attached hydrogens (tertiary/aromatic N) is 2. The zero-order chi connectivity index (χ0) is 33.4. The van der Waals surface area contributed by atoms with Crippen LogP contribution in [0.1, 0.15) is 77.0 Å². The molecule has 0 saturated heterocycles. The first-order valence-corrected chi connectivity index (χ1v) is 16.3. The molecular formula is C36H47N5O6. The van der Waals surface area contributed by atoms with E-state index in [0.717, 1.165) is 52.3 Å². The second-order valence-corrected chi connectivity index (χ2v) is 12.8. The Morgan fingerprint density at radius 2 is 1.43 bits per heavy atom. The van der Waals surface area contributed by atoms with Crippen molar-refractivity contribution in [2.45, 2.75) is 70.9 Å². The highest BCUT2D eigenvalue weighted by Crippen LogP contribution is 2.45. The van der Waals surface area contributed by atoms with Crippen LogP contribution in [0.2, 0.25) is 0 Å². The summed E-state index contributed by atoms with van der Waals surface area (Å²) in [4.78, 5) is 28.4. The van der Waals surface area contributed by atoms with Gasteiger partial charge in [0.1, 0.15) is 30.5 Å². The number of benzene rings is 2. The topological polar surface area (TPSA) is 133 Å². The molecule has 1 atom stereocenters. The van der Waals surface area contributed by atoms with Crippen molar-refractivity contribution in [3.63, 3.8) is 0 Å². The molecule has 4 aromatic rings. The maximum Gasteiger partial charge on any atom is 0.408 e. The zero-order valence-corrected chi connectivity index (χ0v) is 28.3. The van der Waals surface area contributed by atoms with Crippen molar-refractivity contribution in [3.8, 4) is 45.1 Å². The lowest BCUT2D eigenvalue weighted by atomic mass is 9.98. The van der Waals surface area contributed by atoms with Gasteiger partial charge in [-0.2, -0.15) is 0 Å². The van der Waals surface area contributed by atoms with Crippen LogP contribution in [0.4, 0.5) is 4.79 Å². The average Bonchev–Trinajstić information content (AvgIpc) is 3.83.